The molecule has 140 valence electrons. The maximum Gasteiger partial charge on any atom is 0.331 e. The van der Waals surface area contributed by atoms with Crippen LogP contribution in [0.25, 0.3) is 0 Å². The van der Waals surface area contributed by atoms with E-state index in [-0.39, 0.29) is 21.9 Å². The zero-order valence-corrected chi connectivity index (χ0v) is 15.5. The maximum atomic E-state index is 12.5. The van der Waals surface area contributed by atoms with Gasteiger partial charge in [-0.1, -0.05) is 0 Å². The van der Waals surface area contributed by atoms with Gasteiger partial charge in [-0.15, -0.1) is 0 Å². The lowest BCUT2D eigenvalue weighted by atomic mass is 10.1. The number of methoxy groups -OCH3 is 1. The first-order valence-corrected chi connectivity index (χ1v) is 9.34. The maximum absolute atomic E-state index is 12.5. The second-order valence-corrected chi connectivity index (χ2v) is 8.14. The molecule has 0 aliphatic carbocycles. The van der Waals surface area contributed by atoms with Crippen molar-refractivity contribution in [2.45, 2.75) is 24.3 Å². The number of hydrogen-bond donors (Lipinski definition) is 2. The van der Waals surface area contributed by atoms with Gasteiger partial charge in [0.2, 0.25) is 0 Å². The molecule has 0 saturated carbocycles. The fourth-order valence-corrected chi connectivity index (χ4v) is 2.73. The first-order chi connectivity index (χ1) is 12.0. The second kappa shape index (κ2) is 6.79. The third-order valence-corrected chi connectivity index (χ3v) is 4.89. The van der Waals surface area contributed by atoms with Gasteiger partial charge in [0, 0.05) is 12.5 Å². The molecule has 1 amide bonds. The number of nitrogens with zero attached hydrogens (tertiary/aromatic N) is 2. The van der Waals surface area contributed by atoms with Crippen LogP contribution in [-0.2, 0) is 20.2 Å². The number of carboxylic acid groups (broad SMARTS) is 1. The van der Waals surface area contributed by atoms with E-state index in [2.05, 4.69) is 10.4 Å². The average molecular weight is 381 g/mol. The van der Waals surface area contributed by atoms with Crippen molar-refractivity contribution < 1.29 is 27.9 Å². The van der Waals surface area contributed by atoms with Crippen LogP contribution in [0.3, 0.4) is 0 Å². The van der Waals surface area contributed by atoms with Crippen LogP contribution < -0.4 is 10.1 Å². The SMILES string of the molecule is COc1ccc(S(C)(=O)=O)cc1C(=O)Nc1cnn(C(C)(C)C(=O)O)c1. The first-order valence-electron chi connectivity index (χ1n) is 7.45. The summed E-state index contributed by atoms with van der Waals surface area (Å²) in [6.45, 7) is 2.93. The molecular formula is C16H19N3O6S. The fourth-order valence-electron chi connectivity index (χ4n) is 2.08. The molecule has 1 heterocycles. The van der Waals surface area contributed by atoms with E-state index >= 15 is 0 Å². The number of benzene rings is 1. The molecule has 0 radical (unpaired) electrons. The summed E-state index contributed by atoms with van der Waals surface area (Å²) in [5.41, 5.74) is -1.01. The Morgan fingerprint density at radius 2 is 1.96 bits per heavy atom. The molecule has 1 aromatic heterocycles. The number of nitrogens with one attached hydrogen (secondary N) is 1. The van der Waals surface area contributed by atoms with Gasteiger partial charge in [-0.3, -0.25) is 9.48 Å². The number of ether oxygens (including phenoxy) is 1. The Kier molecular flexibility index (Phi) is 5.08. The van der Waals surface area contributed by atoms with E-state index in [4.69, 9.17) is 4.74 Å². The predicted octanol–water partition coefficient (Wildman–Crippen LogP) is 1.37. The number of amides is 1. The number of carbonyl (C=O) groups is 2. The molecule has 1 aromatic carbocycles. The number of carbonyl (C=O) groups excluding carboxylic acids is 1. The summed E-state index contributed by atoms with van der Waals surface area (Å²) in [4.78, 5) is 23.8. The van der Waals surface area contributed by atoms with Crippen LogP contribution in [0.4, 0.5) is 5.69 Å². The zero-order chi connectivity index (χ0) is 19.7. The molecule has 2 N–H and O–H groups in total. The number of rotatable bonds is 6. The van der Waals surface area contributed by atoms with Gasteiger partial charge in [-0.25, -0.2) is 13.2 Å². The van der Waals surface area contributed by atoms with Gasteiger partial charge in [0.1, 0.15) is 5.75 Å². The number of hydrogen-bond acceptors (Lipinski definition) is 6. The number of sulfone groups is 1. The molecular weight excluding hydrogens is 362 g/mol. The van der Waals surface area contributed by atoms with Crippen molar-refractivity contribution in [3.05, 3.63) is 36.2 Å². The molecule has 0 fully saturated rings. The number of aromatic nitrogens is 2. The van der Waals surface area contributed by atoms with Crippen molar-refractivity contribution in [3.63, 3.8) is 0 Å². The highest BCUT2D eigenvalue weighted by atomic mass is 32.2. The molecule has 2 rings (SSSR count). The first kappa shape index (κ1) is 19.4. The standard InChI is InChI=1S/C16H19N3O6S/c1-16(2,15(21)22)19-9-10(8-17-19)18-14(20)12-7-11(26(4,23)24)5-6-13(12)25-3/h5-9H,1-4H3,(H,18,20)(H,21,22). The molecule has 2 aromatic rings. The normalized spacial score (nSPS) is 11.8. The second-order valence-electron chi connectivity index (χ2n) is 6.13. The average Bonchev–Trinajstić information content (AvgIpc) is 3.02. The fraction of sp³-hybridized carbons (Fsp3) is 0.312. The van der Waals surface area contributed by atoms with Gasteiger partial charge in [0.15, 0.2) is 15.4 Å². The lowest BCUT2D eigenvalue weighted by molar-refractivity contribution is -0.146. The largest absolute Gasteiger partial charge is 0.496 e. The Labute approximate surface area is 150 Å². The topological polar surface area (TPSA) is 128 Å². The van der Waals surface area contributed by atoms with Crippen molar-refractivity contribution in [2.24, 2.45) is 0 Å². The van der Waals surface area contributed by atoms with E-state index in [9.17, 15) is 23.1 Å². The molecule has 0 atom stereocenters. The van der Waals surface area contributed by atoms with E-state index in [0.717, 1.165) is 6.26 Å². The van der Waals surface area contributed by atoms with Crippen LogP contribution in [0.15, 0.2) is 35.5 Å². The van der Waals surface area contributed by atoms with Crippen molar-refractivity contribution >= 4 is 27.4 Å². The van der Waals surface area contributed by atoms with Gasteiger partial charge >= 0.3 is 5.97 Å². The van der Waals surface area contributed by atoms with Crippen LogP contribution in [0.1, 0.15) is 24.2 Å². The molecule has 10 heteroatoms. The van der Waals surface area contributed by atoms with Crippen LogP contribution in [-0.4, -0.2) is 48.5 Å². The highest BCUT2D eigenvalue weighted by molar-refractivity contribution is 7.90. The third-order valence-electron chi connectivity index (χ3n) is 3.78. The minimum absolute atomic E-state index is 0.0221. The Balaban J connectivity index is 2.34. The summed E-state index contributed by atoms with van der Waals surface area (Å²) in [5, 5.41) is 15.7. The minimum Gasteiger partial charge on any atom is -0.496 e. The van der Waals surface area contributed by atoms with Gasteiger partial charge in [0.25, 0.3) is 5.91 Å². The highest BCUT2D eigenvalue weighted by Gasteiger charge is 2.30. The molecule has 0 bridgehead atoms. The predicted molar refractivity (Wildman–Crippen MR) is 93.2 cm³/mol. The lowest BCUT2D eigenvalue weighted by Gasteiger charge is -2.19. The third kappa shape index (κ3) is 3.85. The molecule has 0 aliphatic rings. The molecule has 0 unspecified atom stereocenters. The van der Waals surface area contributed by atoms with Crippen LogP contribution in [0, 0.1) is 0 Å². The molecule has 0 aliphatic heterocycles. The van der Waals surface area contributed by atoms with Gasteiger partial charge in [-0.2, -0.15) is 5.10 Å². The van der Waals surface area contributed by atoms with E-state index in [1.807, 2.05) is 0 Å². The van der Waals surface area contributed by atoms with Crippen molar-refractivity contribution in [2.75, 3.05) is 18.7 Å². The molecule has 0 saturated heterocycles. The Morgan fingerprint density at radius 1 is 1.31 bits per heavy atom. The Morgan fingerprint density at radius 3 is 2.50 bits per heavy atom. The van der Waals surface area contributed by atoms with Gasteiger partial charge in [-0.05, 0) is 32.0 Å². The summed E-state index contributed by atoms with van der Waals surface area (Å²) >= 11 is 0. The van der Waals surface area contributed by atoms with E-state index in [0.29, 0.717) is 0 Å². The highest BCUT2D eigenvalue weighted by Crippen LogP contribution is 2.24. The van der Waals surface area contributed by atoms with Crippen molar-refractivity contribution in [3.8, 4) is 5.75 Å². The number of aliphatic carboxylic acids is 1. The van der Waals surface area contributed by atoms with Crippen LogP contribution in [0.5, 0.6) is 5.75 Å². The van der Waals surface area contributed by atoms with E-state index in [1.165, 1.54) is 56.2 Å². The summed E-state index contributed by atoms with van der Waals surface area (Å²) in [7, 11) is -2.14. The molecule has 9 nitrogen and oxygen atoms in total. The van der Waals surface area contributed by atoms with Gasteiger partial charge < -0.3 is 15.2 Å². The lowest BCUT2D eigenvalue weighted by Crippen LogP contribution is -2.35. The number of anilines is 1. The number of carboxylic acids is 1. The van der Waals surface area contributed by atoms with Crippen molar-refractivity contribution in [1.29, 1.82) is 0 Å². The molecule has 0 spiro atoms. The van der Waals surface area contributed by atoms with E-state index < -0.39 is 27.3 Å². The van der Waals surface area contributed by atoms with Crippen LogP contribution >= 0.6 is 0 Å². The summed E-state index contributed by atoms with van der Waals surface area (Å²) in [6, 6.07) is 3.95. The van der Waals surface area contributed by atoms with Gasteiger partial charge in [0.05, 0.1) is 29.5 Å². The smallest absolute Gasteiger partial charge is 0.331 e. The summed E-state index contributed by atoms with van der Waals surface area (Å²) in [5.74, 6) is -1.49. The monoisotopic (exact) mass is 381 g/mol. The van der Waals surface area contributed by atoms with E-state index in [1.54, 1.807) is 0 Å². The Hall–Kier alpha value is -2.88. The summed E-state index contributed by atoms with van der Waals surface area (Å²) < 4.78 is 29.7. The van der Waals surface area contributed by atoms with Crippen LogP contribution in [0.2, 0.25) is 0 Å². The van der Waals surface area contributed by atoms with Crippen molar-refractivity contribution in [1.82, 2.24) is 9.78 Å². The zero-order valence-electron chi connectivity index (χ0n) is 14.7. The Bertz CT molecular complexity index is 962. The summed E-state index contributed by atoms with van der Waals surface area (Å²) in [6.07, 6.45) is 3.71. The molecule has 26 heavy (non-hydrogen) atoms. The minimum atomic E-state index is -3.50. The quantitative estimate of drug-likeness (QED) is 0.773.